The average molecular weight is 574 g/mol. The van der Waals surface area contributed by atoms with E-state index in [1.165, 1.54) is 20.8 Å². The number of ether oxygens (including phenoxy) is 1. The van der Waals surface area contributed by atoms with E-state index in [0.29, 0.717) is 43.9 Å². The van der Waals surface area contributed by atoms with E-state index in [1.54, 1.807) is 30.3 Å². The Bertz CT molecular complexity index is 1570. The summed E-state index contributed by atoms with van der Waals surface area (Å²) >= 11 is 0. The Morgan fingerprint density at radius 1 is 0.902 bits per heavy atom. The minimum atomic E-state index is -3.80. The molecule has 1 aliphatic rings. The van der Waals surface area contributed by atoms with Gasteiger partial charge in [0.25, 0.3) is 11.8 Å². The van der Waals surface area contributed by atoms with E-state index in [4.69, 9.17) is 4.74 Å². The van der Waals surface area contributed by atoms with Gasteiger partial charge in [-0.1, -0.05) is 30.0 Å². The van der Waals surface area contributed by atoms with E-state index < -0.39 is 20.7 Å². The van der Waals surface area contributed by atoms with Crippen LogP contribution in [0.3, 0.4) is 0 Å². The zero-order valence-corrected chi connectivity index (χ0v) is 24.6. The van der Waals surface area contributed by atoms with Crippen LogP contribution in [0.15, 0.2) is 72.8 Å². The molecule has 1 saturated heterocycles. The molecule has 0 unspecified atom stereocenters. The molecule has 1 N–H and O–H groups in total. The fourth-order valence-corrected chi connectivity index (χ4v) is 4.91. The second-order valence-electron chi connectivity index (χ2n) is 10.6. The van der Waals surface area contributed by atoms with Crippen molar-refractivity contribution in [3.05, 3.63) is 95.1 Å². The smallest absolute Gasteiger partial charge is 0.264 e. The van der Waals surface area contributed by atoms with Crippen molar-refractivity contribution in [3.63, 3.8) is 0 Å². The Balaban J connectivity index is 1.39. The monoisotopic (exact) mass is 573 g/mol. The predicted molar refractivity (Wildman–Crippen MR) is 161 cm³/mol. The van der Waals surface area contributed by atoms with E-state index in [1.807, 2.05) is 54.3 Å². The Morgan fingerprint density at radius 3 is 2.24 bits per heavy atom. The van der Waals surface area contributed by atoms with Gasteiger partial charge in [-0.05, 0) is 82.3 Å². The topological polar surface area (TPSA) is 96.0 Å². The summed E-state index contributed by atoms with van der Waals surface area (Å²) in [6.07, 6.45) is 0. The third kappa shape index (κ3) is 7.27. The molecule has 8 nitrogen and oxygen atoms in total. The first-order valence-corrected chi connectivity index (χ1v) is 15.0. The van der Waals surface area contributed by atoms with Gasteiger partial charge in [-0.3, -0.25) is 9.59 Å². The fourth-order valence-electron chi connectivity index (χ4n) is 4.24. The molecule has 0 spiro atoms. The highest BCUT2D eigenvalue weighted by molar-refractivity contribution is 7.91. The predicted octanol–water partition coefficient (Wildman–Crippen LogP) is 4.31. The molecule has 1 heterocycles. The molecular weight excluding hydrogens is 538 g/mol. The Morgan fingerprint density at radius 2 is 1.59 bits per heavy atom. The van der Waals surface area contributed by atoms with Crippen molar-refractivity contribution in [3.8, 4) is 17.6 Å². The summed E-state index contributed by atoms with van der Waals surface area (Å²) in [5.74, 6) is 6.33. The number of carbonyl (C=O) groups is 2. The molecule has 0 aromatic heterocycles. The Kier molecular flexibility index (Phi) is 9.04. The maximum atomic E-state index is 13.4. The molecule has 0 bridgehead atoms. The minimum Gasteiger partial charge on any atom is -0.494 e. The van der Waals surface area contributed by atoms with E-state index >= 15 is 0 Å². The molecule has 1 fully saturated rings. The zero-order chi connectivity index (χ0) is 29.6. The van der Waals surface area contributed by atoms with Crippen molar-refractivity contribution in [2.24, 2.45) is 0 Å². The van der Waals surface area contributed by atoms with Crippen molar-refractivity contribution in [2.75, 3.05) is 37.7 Å². The number of rotatable bonds is 6. The number of amides is 2. The zero-order valence-electron chi connectivity index (χ0n) is 23.8. The number of hydrogen-bond acceptors (Lipinski definition) is 6. The van der Waals surface area contributed by atoms with E-state index in [9.17, 15) is 18.0 Å². The number of anilines is 1. The molecule has 41 heavy (non-hydrogen) atoms. The highest BCUT2D eigenvalue weighted by Crippen LogP contribution is 2.21. The van der Waals surface area contributed by atoms with Gasteiger partial charge in [-0.25, -0.2) is 13.1 Å². The van der Waals surface area contributed by atoms with Crippen LogP contribution >= 0.6 is 0 Å². The standard InChI is InChI=1S/C32H35N3O5S/c1-5-40-28-11-8-9-24(23-28)13-14-25-10-6-7-12-29(25)31(37)35-21-19-34(20-22-35)27-17-15-26(16-18-27)30(36)33-41(38,39)32(2,3)4/h6-12,15-18,23H,5,19-22H2,1-4H3,(H,33,36). The third-order valence-electron chi connectivity index (χ3n) is 6.74. The van der Waals surface area contributed by atoms with Gasteiger partial charge >= 0.3 is 0 Å². The van der Waals surface area contributed by atoms with Gasteiger partial charge in [-0.2, -0.15) is 0 Å². The van der Waals surface area contributed by atoms with Crippen LogP contribution < -0.4 is 14.4 Å². The lowest BCUT2D eigenvalue weighted by molar-refractivity contribution is 0.0746. The normalized spacial score (nSPS) is 13.7. The van der Waals surface area contributed by atoms with Crippen LogP contribution in [-0.2, 0) is 10.0 Å². The van der Waals surface area contributed by atoms with Crippen molar-refractivity contribution < 1.29 is 22.7 Å². The molecule has 0 saturated carbocycles. The molecule has 214 valence electrons. The van der Waals surface area contributed by atoms with Crippen LogP contribution in [0.25, 0.3) is 0 Å². The molecule has 0 atom stereocenters. The fraction of sp³-hybridized carbons (Fsp3) is 0.312. The summed E-state index contributed by atoms with van der Waals surface area (Å²) < 4.78 is 31.2. The quantitative estimate of drug-likeness (QED) is 0.442. The average Bonchev–Trinajstić information content (AvgIpc) is 2.96. The molecule has 0 radical (unpaired) electrons. The number of nitrogens with zero attached hydrogens (tertiary/aromatic N) is 2. The number of benzene rings is 3. The van der Waals surface area contributed by atoms with Gasteiger partial charge in [0, 0.05) is 48.6 Å². The number of nitrogens with one attached hydrogen (secondary N) is 1. The lowest BCUT2D eigenvalue weighted by Crippen LogP contribution is -2.49. The molecule has 3 aromatic carbocycles. The van der Waals surface area contributed by atoms with Gasteiger partial charge in [0.15, 0.2) is 0 Å². The number of sulfonamides is 1. The molecule has 2 amide bonds. The van der Waals surface area contributed by atoms with Gasteiger partial charge in [0.05, 0.1) is 16.9 Å². The molecule has 4 rings (SSSR count). The van der Waals surface area contributed by atoms with Gasteiger partial charge in [0.2, 0.25) is 10.0 Å². The van der Waals surface area contributed by atoms with Gasteiger partial charge < -0.3 is 14.5 Å². The summed E-state index contributed by atoms with van der Waals surface area (Å²) in [5, 5.41) is 0. The lowest BCUT2D eigenvalue weighted by Gasteiger charge is -2.36. The molecule has 3 aromatic rings. The first-order chi connectivity index (χ1) is 19.5. The van der Waals surface area contributed by atoms with Crippen LogP contribution in [0.1, 0.15) is 59.5 Å². The first-order valence-electron chi connectivity index (χ1n) is 13.5. The molecule has 9 heteroatoms. The number of piperazine rings is 1. The van der Waals surface area contributed by atoms with Gasteiger partial charge in [0.1, 0.15) is 5.75 Å². The van der Waals surface area contributed by atoms with Crippen LogP contribution in [0.4, 0.5) is 5.69 Å². The summed E-state index contributed by atoms with van der Waals surface area (Å²) in [5.41, 5.74) is 3.20. The van der Waals surface area contributed by atoms with Gasteiger partial charge in [-0.15, -0.1) is 0 Å². The molecule has 0 aliphatic carbocycles. The Labute approximate surface area is 242 Å². The first kappa shape index (κ1) is 29.7. The van der Waals surface area contributed by atoms with Crippen LogP contribution in [0, 0.1) is 11.8 Å². The molecule has 1 aliphatic heterocycles. The van der Waals surface area contributed by atoms with E-state index in [0.717, 1.165) is 17.0 Å². The maximum Gasteiger partial charge on any atom is 0.264 e. The maximum absolute atomic E-state index is 13.4. The van der Waals surface area contributed by atoms with Crippen LogP contribution in [0.5, 0.6) is 5.75 Å². The highest BCUT2D eigenvalue weighted by atomic mass is 32.2. The number of carbonyl (C=O) groups excluding carboxylic acids is 2. The summed E-state index contributed by atoms with van der Waals surface area (Å²) in [6, 6.07) is 21.8. The second kappa shape index (κ2) is 12.5. The summed E-state index contributed by atoms with van der Waals surface area (Å²) in [7, 11) is -3.80. The Hall–Kier alpha value is -4.29. The van der Waals surface area contributed by atoms with Crippen molar-refractivity contribution in [2.45, 2.75) is 32.4 Å². The summed E-state index contributed by atoms with van der Waals surface area (Å²) in [6.45, 7) is 9.41. The minimum absolute atomic E-state index is 0.0651. The largest absolute Gasteiger partial charge is 0.494 e. The summed E-state index contributed by atoms with van der Waals surface area (Å²) in [4.78, 5) is 29.9. The highest BCUT2D eigenvalue weighted by Gasteiger charge is 2.31. The van der Waals surface area contributed by atoms with Crippen molar-refractivity contribution >= 4 is 27.5 Å². The third-order valence-corrected chi connectivity index (χ3v) is 8.81. The second-order valence-corrected chi connectivity index (χ2v) is 13.1. The SMILES string of the molecule is CCOc1cccc(C#Cc2ccccc2C(=O)N2CCN(c3ccc(C(=O)NS(=O)(=O)C(C)(C)C)cc3)CC2)c1. The molecular formula is C32H35N3O5S. The van der Waals surface area contributed by atoms with Crippen LogP contribution in [-0.4, -0.2) is 62.7 Å². The van der Waals surface area contributed by atoms with E-state index in [-0.39, 0.29) is 11.5 Å². The van der Waals surface area contributed by atoms with Crippen molar-refractivity contribution in [1.29, 1.82) is 0 Å². The van der Waals surface area contributed by atoms with Crippen molar-refractivity contribution in [1.82, 2.24) is 9.62 Å². The number of hydrogen-bond donors (Lipinski definition) is 1. The van der Waals surface area contributed by atoms with Crippen LogP contribution in [0.2, 0.25) is 0 Å². The lowest BCUT2D eigenvalue weighted by atomic mass is 10.1. The van der Waals surface area contributed by atoms with E-state index in [2.05, 4.69) is 21.5 Å².